The molecule has 0 radical (unpaired) electrons. The largest absolute Gasteiger partial charge is 0.481 e. The van der Waals surface area contributed by atoms with Gasteiger partial charge in [-0.3, -0.25) is 9.59 Å². The average molecular weight is 293 g/mol. The van der Waals surface area contributed by atoms with Gasteiger partial charge in [-0.05, 0) is 18.1 Å². The highest BCUT2D eigenvalue weighted by Crippen LogP contribution is 2.03. The Hall–Kier alpha value is -2.57. The first kappa shape index (κ1) is 16.5. The van der Waals surface area contributed by atoms with Gasteiger partial charge in [0, 0.05) is 18.7 Å². The summed E-state index contributed by atoms with van der Waals surface area (Å²) in [6.45, 7) is 1.81. The van der Waals surface area contributed by atoms with Crippen molar-refractivity contribution in [2.45, 2.75) is 13.3 Å². The van der Waals surface area contributed by atoms with Crippen LogP contribution in [-0.2, 0) is 9.59 Å². The Labute approximate surface area is 122 Å². The second-order valence-corrected chi connectivity index (χ2v) is 4.68. The number of carboxylic acid groups (broad SMARTS) is 1. The molecule has 0 saturated carbocycles. The van der Waals surface area contributed by atoms with E-state index < -0.39 is 12.0 Å². The van der Waals surface area contributed by atoms with Crippen LogP contribution >= 0.6 is 0 Å². The maximum atomic E-state index is 11.5. The molecule has 0 saturated heterocycles. The molecule has 3 amide bonds. The lowest BCUT2D eigenvalue weighted by molar-refractivity contribution is -0.138. The van der Waals surface area contributed by atoms with E-state index in [1.807, 2.05) is 6.07 Å². The number of urea groups is 1. The predicted molar refractivity (Wildman–Crippen MR) is 77.9 cm³/mol. The Morgan fingerprint density at radius 1 is 1.14 bits per heavy atom. The van der Waals surface area contributed by atoms with Crippen molar-refractivity contribution in [3.05, 3.63) is 30.3 Å². The second-order valence-electron chi connectivity index (χ2n) is 4.68. The molecule has 0 heterocycles. The molecule has 114 valence electrons. The van der Waals surface area contributed by atoms with Gasteiger partial charge in [-0.2, -0.15) is 0 Å². The van der Waals surface area contributed by atoms with Gasteiger partial charge in [0.2, 0.25) is 5.91 Å². The van der Waals surface area contributed by atoms with E-state index >= 15 is 0 Å². The molecule has 21 heavy (non-hydrogen) atoms. The third kappa shape index (κ3) is 7.56. The van der Waals surface area contributed by atoms with Crippen molar-refractivity contribution in [3.63, 3.8) is 0 Å². The van der Waals surface area contributed by atoms with Gasteiger partial charge in [0.05, 0.1) is 6.54 Å². The zero-order valence-electron chi connectivity index (χ0n) is 11.8. The minimum absolute atomic E-state index is 0.0117. The number of hydrogen-bond acceptors (Lipinski definition) is 3. The molecule has 0 aromatic heterocycles. The SMILES string of the molecule is CC(CNC(=O)CNC(=O)Nc1ccccc1)CC(=O)O. The number of amides is 3. The quantitative estimate of drug-likeness (QED) is 0.602. The number of para-hydroxylation sites is 1. The molecular formula is C14H19N3O4. The van der Waals surface area contributed by atoms with Crippen molar-refractivity contribution < 1.29 is 19.5 Å². The van der Waals surface area contributed by atoms with E-state index in [4.69, 9.17) is 5.11 Å². The van der Waals surface area contributed by atoms with Gasteiger partial charge in [0.15, 0.2) is 0 Å². The molecule has 0 spiro atoms. The highest BCUT2D eigenvalue weighted by atomic mass is 16.4. The molecule has 1 atom stereocenters. The van der Waals surface area contributed by atoms with Crippen molar-refractivity contribution in [1.82, 2.24) is 10.6 Å². The number of anilines is 1. The van der Waals surface area contributed by atoms with Crippen molar-refractivity contribution in [2.24, 2.45) is 5.92 Å². The fourth-order valence-electron chi connectivity index (χ4n) is 1.58. The fraction of sp³-hybridized carbons (Fsp3) is 0.357. The number of rotatable bonds is 7. The lowest BCUT2D eigenvalue weighted by Gasteiger charge is -2.11. The second kappa shape index (κ2) is 8.57. The van der Waals surface area contributed by atoms with Gasteiger partial charge < -0.3 is 21.1 Å². The molecule has 1 aromatic rings. The van der Waals surface area contributed by atoms with Crippen LogP contribution in [0.3, 0.4) is 0 Å². The minimum atomic E-state index is -0.905. The Kier molecular flexibility index (Phi) is 6.73. The summed E-state index contributed by atoms with van der Waals surface area (Å²) in [5.41, 5.74) is 0.630. The molecule has 1 aromatic carbocycles. The maximum Gasteiger partial charge on any atom is 0.319 e. The first-order valence-electron chi connectivity index (χ1n) is 6.55. The lowest BCUT2D eigenvalue weighted by Crippen LogP contribution is -2.40. The molecule has 1 unspecified atom stereocenters. The van der Waals surface area contributed by atoms with Crippen LogP contribution in [0.15, 0.2) is 30.3 Å². The van der Waals surface area contributed by atoms with Crippen molar-refractivity contribution in [3.8, 4) is 0 Å². The van der Waals surface area contributed by atoms with Gasteiger partial charge in [-0.15, -0.1) is 0 Å². The molecule has 0 aliphatic rings. The number of hydrogen-bond donors (Lipinski definition) is 4. The Morgan fingerprint density at radius 2 is 1.81 bits per heavy atom. The van der Waals surface area contributed by atoms with E-state index in [2.05, 4.69) is 16.0 Å². The number of benzene rings is 1. The highest BCUT2D eigenvalue weighted by Gasteiger charge is 2.10. The normalized spacial score (nSPS) is 11.3. The number of aliphatic carboxylic acids is 1. The lowest BCUT2D eigenvalue weighted by atomic mass is 10.1. The first-order valence-corrected chi connectivity index (χ1v) is 6.55. The summed E-state index contributed by atoms with van der Waals surface area (Å²) < 4.78 is 0. The monoisotopic (exact) mass is 293 g/mol. The molecule has 0 bridgehead atoms. The third-order valence-electron chi connectivity index (χ3n) is 2.61. The standard InChI is InChI=1S/C14H19N3O4/c1-10(7-13(19)20)8-15-12(18)9-16-14(21)17-11-5-3-2-4-6-11/h2-6,10H,7-9H2,1H3,(H,15,18)(H,19,20)(H2,16,17,21). The fourth-order valence-corrected chi connectivity index (χ4v) is 1.58. The van der Waals surface area contributed by atoms with Gasteiger partial charge in [0.25, 0.3) is 0 Å². The summed E-state index contributed by atoms with van der Waals surface area (Å²) in [5, 5.41) is 16.1. The predicted octanol–water partition coefficient (Wildman–Crippen LogP) is 1.04. The summed E-state index contributed by atoms with van der Waals surface area (Å²) in [7, 11) is 0. The molecular weight excluding hydrogens is 274 g/mol. The Morgan fingerprint density at radius 3 is 2.43 bits per heavy atom. The summed E-state index contributed by atoms with van der Waals surface area (Å²) >= 11 is 0. The summed E-state index contributed by atoms with van der Waals surface area (Å²) in [4.78, 5) is 33.5. The van der Waals surface area contributed by atoms with Gasteiger partial charge in [-0.25, -0.2) is 4.79 Å². The van der Waals surface area contributed by atoms with E-state index in [1.165, 1.54) is 0 Å². The van der Waals surface area contributed by atoms with Gasteiger partial charge >= 0.3 is 12.0 Å². The average Bonchev–Trinajstić information content (AvgIpc) is 2.43. The molecule has 0 aliphatic heterocycles. The molecule has 0 aliphatic carbocycles. The summed E-state index contributed by atoms with van der Waals surface area (Å²) in [6.07, 6.45) is -0.0117. The summed E-state index contributed by atoms with van der Waals surface area (Å²) in [5.74, 6) is -1.43. The van der Waals surface area contributed by atoms with Crippen LogP contribution in [0.4, 0.5) is 10.5 Å². The highest BCUT2D eigenvalue weighted by molar-refractivity contribution is 5.92. The maximum absolute atomic E-state index is 11.5. The van der Waals surface area contributed by atoms with Crippen LogP contribution in [-0.4, -0.2) is 36.1 Å². The smallest absolute Gasteiger partial charge is 0.319 e. The van der Waals surface area contributed by atoms with Gasteiger partial charge in [0.1, 0.15) is 0 Å². The van der Waals surface area contributed by atoms with Crippen LogP contribution in [0.25, 0.3) is 0 Å². The van der Waals surface area contributed by atoms with Crippen LogP contribution in [0.5, 0.6) is 0 Å². The van der Waals surface area contributed by atoms with Crippen LogP contribution in [0.2, 0.25) is 0 Å². The third-order valence-corrected chi connectivity index (χ3v) is 2.61. The van der Waals surface area contributed by atoms with E-state index in [0.717, 1.165) is 0 Å². The molecule has 7 nitrogen and oxygen atoms in total. The number of carbonyl (C=O) groups is 3. The van der Waals surface area contributed by atoms with Crippen molar-refractivity contribution in [1.29, 1.82) is 0 Å². The van der Waals surface area contributed by atoms with Crippen LogP contribution in [0, 0.1) is 5.92 Å². The van der Waals surface area contributed by atoms with E-state index in [-0.39, 0.29) is 31.3 Å². The Balaban J connectivity index is 2.20. The molecule has 0 fully saturated rings. The van der Waals surface area contributed by atoms with Crippen molar-refractivity contribution >= 4 is 23.6 Å². The van der Waals surface area contributed by atoms with Crippen LogP contribution < -0.4 is 16.0 Å². The number of carboxylic acids is 1. The summed E-state index contributed by atoms with van der Waals surface area (Å²) in [6, 6.07) is 8.38. The molecule has 1 rings (SSSR count). The van der Waals surface area contributed by atoms with E-state index in [0.29, 0.717) is 5.69 Å². The Bertz CT molecular complexity index is 490. The van der Waals surface area contributed by atoms with Crippen LogP contribution in [0.1, 0.15) is 13.3 Å². The minimum Gasteiger partial charge on any atom is -0.481 e. The first-order chi connectivity index (χ1) is 9.97. The van der Waals surface area contributed by atoms with E-state index in [1.54, 1.807) is 31.2 Å². The van der Waals surface area contributed by atoms with E-state index in [9.17, 15) is 14.4 Å². The number of nitrogens with one attached hydrogen (secondary N) is 3. The molecule has 4 N–H and O–H groups in total. The zero-order chi connectivity index (χ0) is 15.7. The number of carbonyl (C=O) groups excluding carboxylic acids is 2. The topological polar surface area (TPSA) is 108 Å². The zero-order valence-corrected chi connectivity index (χ0v) is 11.8. The molecule has 7 heteroatoms. The van der Waals surface area contributed by atoms with Crippen molar-refractivity contribution in [2.75, 3.05) is 18.4 Å². The van der Waals surface area contributed by atoms with Gasteiger partial charge in [-0.1, -0.05) is 25.1 Å².